The first kappa shape index (κ1) is 22.2. The zero-order valence-corrected chi connectivity index (χ0v) is 20.9. The van der Waals surface area contributed by atoms with E-state index in [4.69, 9.17) is 4.98 Å². The van der Waals surface area contributed by atoms with Gasteiger partial charge in [-0.15, -0.1) is 0 Å². The number of nitrogens with zero attached hydrogens (tertiary/aromatic N) is 4. The molecule has 0 saturated carbocycles. The van der Waals surface area contributed by atoms with Gasteiger partial charge in [-0.05, 0) is 69.2 Å². The van der Waals surface area contributed by atoms with E-state index in [-0.39, 0.29) is 11.5 Å². The Hall–Kier alpha value is -2.99. The van der Waals surface area contributed by atoms with E-state index in [9.17, 15) is 4.79 Å². The predicted octanol–water partition coefficient (Wildman–Crippen LogP) is 6.19. The molecule has 0 aliphatic carbocycles. The SMILES string of the molecule is Cc1cccc(-n2c(C)cc(C=Nn3c(C(C)C)nc4ccc(Br)cc4c3=O)c2C)c1C. The summed E-state index contributed by atoms with van der Waals surface area (Å²) in [5.74, 6) is 0.694. The molecule has 0 fully saturated rings. The van der Waals surface area contributed by atoms with Gasteiger partial charge in [0.15, 0.2) is 0 Å². The minimum Gasteiger partial charge on any atom is -0.318 e. The molecule has 32 heavy (non-hydrogen) atoms. The second kappa shape index (κ2) is 8.51. The average Bonchev–Trinajstić information content (AvgIpc) is 3.02. The van der Waals surface area contributed by atoms with Crippen molar-refractivity contribution < 1.29 is 0 Å². The van der Waals surface area contributed by atoms with Gasteiger partial charge >= 0.3 is 0 Å². The van der Waals surface area contributed by atoms with Crippen LogP contribution in [0.4, 0.5) is 0 Å². The molecule has 0 amide bonds. The summed E-state index contributed by atoms with van der Waals surface area (Å²) in [6.45, 7) is 12.5. The van der Waals surface area contributed by atoms with Crippen LogP contribution in [0.1, 0.15) is 53.7 Å². The Morgan fingerprint density at radius 2 is 1.81 bits per heavy atom. The van der Waals surface area contributed by atoms with Crippen molar-refractivity contribution in [1.82, 2.24) is 14.2 Å². The summed E-state index contributed by atoms with van der Waals surface area (Å²) in [4.78, 5) is 18.0. The van der Waals surface area contributed by atoms with Crippen molar-refractivity contribution in [3.05, 3.63) is 91.2 Å². The first-order chi connectivity index (χ1) is 15.2. The lowest BCUT2D eigenvalue weighted by molar-refractivity contribution is 0.665. The Morgan fingerprint density at radius 1 is 1.06 bits per heavy atom. The molecular weight excluding hydrogens is 464 g/mol. The van der Waals surface area contributed by atoms with Crippen LogP contribution in [-0.2, 0) is 0 Å². The molecule has 4 aromatic rings. The van der Waals surface area contributed by atoms with Crippen LogP contribution in [0.15, 0.2) is 56.8 Å². The van der Waals surface area contributed by atoms with E-state index in [1.165, 1.54) is 15.8 Å². The monoisotopic (exact) mass is 490 g/mol. The van der Waals surface area contributed by atoms with E-state index in [2.05, 4.69) is 77.6 Å². The van der Waals surface area contributed by atoms with Crippen LogP contribution in [0.3, 0.4) is 0 Å². The van der Waals surface area contributed by atoms with Crippen molar-refractivity contribution in [3.8, 4) is 5.69 Å². The fourth-order valence-electron chi connectivity index (χ4n) is 4.04. The van der Waals surface area contributed by atoms with Crippen molar-refractivity contribution >= 4 is 33.0 Å². The van der Waals surface area contributed by atoms with Crippen LogP contribution >= 0.6 is 15.9 Å². The molecule has 0 aliphatic heterocycles. The van der Waals surface area contributed by atoms with Crippen LogP contribution in [0.25, 0.3) is 16.6 Å². The predicted molar refractivity (Wildman–Crippen MR) is 136 cm³/mol. The highest BCUT2D eigenvalue weighted by molar-refractivity contribution is 9.10. The van der Waals surface area contributed by atoms with Crippen molar-refractivity contribution in [2.24, 2.45) is 5.10 Å². The van der Waals surface area contributed by atoms with Crippen LogP contribution in [-0.4, -0.2) is 20.4 Å². The lowest BCUT2D eigenvalue weighted by Gasteiger charge is -2.14. The normalized spacial score (nSPS) is 11.9. The third-order valence-corrected chi connectivity index (χ3v) is 6.44. The summed E-state index contributed by atoms with van der Waals surface area (Å²) in [6, 6.07) is 14.0. The maximum Gasteiger partial charge on any atom is 0.282 e. The Morgan fingerprint density at radius 3 is 2.53 bits per heavy atom. The Labute approximate surface area is 196 Å². The van der Waals surface area contributed by atoms with Crippen LogP contribution < -0.4 is 5.56 Å². The maximum atomic E-state index is 13.3. The molecule has 2 heterocycles. The number of aromatic nitrogens is 3. The van der Waals surface area contributed by atoms with Crippen molar-refractivity contribution in [1.29, 1.82) is 0 Å². The Kier molecular flexibility index (Phi) is 5.91. The minimum absolute atomic E-state index is 0.0512. The van der Waals surface area contributed by atoms with E-state index in [0.29, 0.717) is 16.7 Å². The van der Waals surface area contributed by atoms with Gasteiger partial charge in [-0.3, -0.25) is 4.79 Å². The van der Waals surface area contributed by atoms with E-state index in [1.54, 1.807) is 12.3 Å². The quantitative estimate of drug-likeness (QED) is 0.320. The first-order valence-electron chi connectivity index (χ1n) is 10.7. The molecule has 0 unspecified atom stereocenters. The molecule has 0 atom stereocenters. The van der Waals surface area contributed by atoms with Gasteiger partial charge in [0.05, 0.1) is 17.1 Å². The molecule has 2 aromatic heterocycles. The molecule has 0 aliphatic rings. The molecular formula is C26H27BrN4O. The molecule has 2 aromatic carbocycles. The summed E-state index contributed by atoms with van der Waals surface area (Å²) >= 11 is 3.45. The molecule has 5 nitrogen and oxygen atoms in total. The second-order valence-electron chi connectivity index (χ2n) is 8.53. The standard InChI is InChI=1S/C26H27BrN4O/c1-15(2)25-29-23-11-10-21(27)13-22(23)26(32)31(25)28-14-20-12-17(4)30(19(20)6)24-9-7-8-16(3)18(24)5/h7-15H,1-6H3. The van der Waals surface area contributed by atoms with Crippen molar-refractivity contribution in [2.45, 2.75) is 47.5 Å². The lowest BCUT2D eigenvalue weighted by atomic mass is 10.1. The summed E-state index contributed by atoms with van der Waals surface area (Å²) in [5, 5.41) is 5.16. The highest BCUT2D eigenvalue weighted by atomic mass is 79.9. The average molecular weight is 491 g/mol. The van der Waals surface area contributed by atoms with Gasteiger partial charge in [0, 0.05) is 33.0 Å². The van der Waals surface area contributed by atoms with Gasteiger partial charge in [-0.1, -0.05) is 41.9 Å². The number of benzene rings is 2. The third kappa shape index (κ3) is 3.84. The van der Waals surface area contributed by atoms with Gasteiger partial charge < -0.3 is 4.57 Å². The largest absolute Gasteiger partial charge is 0.318 e. The lowest BCUT2D eigenvalue weighted by Crippen LogP contribution is -2.23. The molecule has 0 N–H and O–H groups in total. The van der Waals surface area contributed by atoms with E-state index in [0.717, 1.165) is 27.1 Å². The van der Waals surface area contributed by atoms with Crippen LogP contribution in [0, 0.1) is 27.7 Å². The van der Waals surface area contributed by atoms with Crippen LogP contribution in [0.2, 0.25) is 0 Å². The topological polar surface area (TPSA) is 52.2 Å². The summed E-state index contributed by atoms with van der Waals surface area (Å²) < 4.78 is 4.52. The third-order valence-electron chi connectivity index (χ3n) is 5.95. The molecule has 6 heteroatoms. The molecule has 0 bridgehead atoms. The number of halogens is 1. The van der Waals surface area contributed by atoms with Gasteiger partial charge in [0.1, 0.15) is 5.82 Å². The highest BCUT2D eigenvalue weighted by Gasteiger charge is 2.15. The fraction of sp³-hybridized carbons (Fsp3) is 0.269. The Bertz CT molecular complexity index is 1430. The zero-order chi connectivity index (χ0) is 23.2. The minimum atomic E-state index is -0.167. The number of fused-ring (bicyclic) bond motifs is 1. The Balaban J connectivity index is 1.86. The number of rotatable bonds is 4. The van der Waals surface area contributed by atoms with Crippen LogP contribution in [0.5, 0.6) is 0 Å². The van der Waals surface area contributed by atoms with Gasteiger partial charge in [-0.25, -0.2) is 4.98 Å². The smallest absolute Gasteiger partial charge is 0.282 e. The summed E-state index contributed by atoms with van der Waals surface area (Å²) in [5.41, 5.74) is 7.36. The van der Waals surface area contributed by atoms with Crippen molar-refractivity contribution in [2.75, 3.05) is 0 Å². The molecule has 0 radical (unpaired) electrons. The summed E-state index contributed by atoms with van der Waals surface area (Å²) in [7, 11) is 0. The first-order valence-corrected chi connectivity index (χ1v) is 11.5. The highest BCUT2D eigenvalue weighted by Crippen LogP contribution is 2.24. The number of aryl methyl sites for hydroxylation is 2. The van der Waals surface area contributed by atoms with Gasteiger partial charge in [0.2, 0.25) is 0 Å². The molecule has 4 rings (SSSR count). The van der Waals surface area contributed by atoms with Gasteiger partial charge in [0.25, 0.3) is 5.56 Å². The zero-order valence-electron chi connectivity index (χ0n) is 19.3. The molecule has 164 valence electrons. The van der Waals surface area contributed by atoms with Gasteiger partial charge in [-0.2, -0.15) is 9.78 Å². The number of hydrogen-bond donors (Lipinski definition) is 0. The van der Waals surface area contributed by atoms with E-state index < -0.39 is 0 Å². The van der Waals surface area contributed by atoms with E-state index in [1.807, 2.05) is 26.0 Å². The molecule has 0 saturated heterocycles. The fourth-order valence-corrected chi connectivity index (χ4v) is 4.40. The molecule has 0 spiro atoms. The summed E-state index contributed by atoms with van der Waals surface area (Å²) in [6.07, 6.45) is 1.77. The second-order valence-corrected chi connectivity index (χ2v) is 9.44. The number of hydrogen-bond acceptors (Lipinski definition) is 3. The van der Waals surface area contributed by atoms with E-state index >= 15 is 0 Å². The maximum absolute atomic E-state index is 13.3. The van der Waals surface area contributed by atoms with Crippen molar-refractivity contribution in [3.63, 3.8) is 0 Å².